The first-order valence-corrected chi connectivity index (χ1v) is 1.27. The molecule has 2 heteroatoms. The zero-order valence-electron chi connectivity index (χ0n) is 2.52. The van der Waals surface area contributed by atoms with Gasteiger partial charge < -0.3 is 0 Å². The predicted octanol–water partition coefficient (Wildman–Crippen LogP) is 0.0101. The Bertz CT molecular complexity index is 61.4. The maximum Gasteiger partial charge on any atom is 0.113 e. The molecule has 1 rings (SSSR count). The van der Waals surface area contributed by atoms with Crippen molar-refractivity contribution in [3.05, 3.63) is 18.5 Å². The van der Waals surface area contributed by atoms with Crippen LogP contribution >= 0.6 is 0 Å². The van der Waals surface area contributed by atoms with E-state index in [9.17, 15) is 0 Å². The van der Waals surface area contributed by atoms with Gasteiger partial charge in [-0.15, -0.1) is 0 Å². The van der Waals surface area contributed by atoms with Crippen molar-refractivity contribution < 1.29 is 0 Å². The van der Waals surface area contributed by atoms with Crippen molar-refractivity contribution in [2.75, 3.05) is 0 Å². The molecule has 1 N–H and O–H groups in total. The van der Waals surface area contributed by atoms with Crippen LogP contribution in [-0.2, 0) is 0 Å². The Labute approximate surface area is 29.8 Å². The highest BCUT2D eigenvalue weighted by Gasteiger charge is 1.60. The van der Waals surface area contributed by atoms with E-state index in [4.69, 9.17) is 0 Å². The van der Waals surface area contributed by atoms with E-state index in [2.05, 4.69) is 22.6 Å². The lowest BCUT2D eigenvalue weighted by Gasteiger charge is -1.47. The molecule has 0 bridgehead atoms. The Morgan fingerprint density at radius 2 is 2.80 bits per heavy atom. The topological polar surface area (TPSA) is 28.7 Å². The lowest BCUT2D eigenvalue weighted by atomic mass is 10.8. The van der Waals surface area contributed by atoms with Gasteiger partial charge in [0.15, 0.2) is 0 Å². The average molecular weight is 66.1 g/mol. The fourth-order valence-corrected chi connectivity index (χ4v) is 0.161. The van der Waals surface area contributed by atoms with E-state index in [0.29, 0.717) is 0 Å². The molecule has 0 aliphatic heterocycles. The molecule has 0 atom stereocenters. The molecule has 1 heterocycles. The minimum absolute atomic E-state index is 1.58. The molecule has 1 aromatic heterocycles. The predicted molar refractivity (Wildman–Crippen MR) is 16.3 cm³/mol. The highest BCUT2D eigenvalue weighted by atomic mass is 15.1. The first-order chi connectivity index (χ1) is 2.50. The van der Waals surface area contributed by atoms with Gasteiger partial charge in [-0.2, -0.15) is 5.10 Å². The second-order valence-corrected chi connectivity index (χ2v) is 0.641. The fraction of sp³-hybridized carbons (Fsp3) is 0. The lowest BCUT2D eigenvalue weighted by molar-refractivity contribution is 1.08. The molecule has 0 saturated heterocycles. The molecular formula is C3H2N2. The molecular weight excluding hydrogens is 64.0 g/mol. The summed E-state index contributed by atoms with van der Waals surface area (Å²) in [6, 6.07) is 1.58. The van der Waals surface area contributed by atoms with Gasteiger partial charge in [0, 0.05) is 0 Å². The van der Waals surface area contributed by atoms with Crippen molar-refractivity contribution in [1.29, 1.82) is 0 Å². The standard InChI is InChI=1S/C3H2N2/c1-2-4-5-3-1/h1H,(H,4,5). The highest BCUT2D eigenvalue weighted by molar-refractivity contribution is 4.67. The third-order valence-electron chi connectivity index (χ3n) is 0.322. The molecule has 0 saturated carbocycles. The maximum atomic E-state index is 3.42. The molecule has 0 aliphatic rings. The Kier molecular flexibility index (Phi) is 0.433. The van der Waals surface area contributed by atoms with Gasteiger partial charge in [-0.05, 0) is 6.07 Å². The van der Waals surface area contributed by atoms with Crippen molar-refractivity contribution in [1.82, 2.24) is 10.2 Å². The maximum absolute atomic E-state index is 3.42. The van der Waals surface area contributed by atoms with Gasteiger partial charge in [0.2, 0.25) is 0 Å². The van der Waals surface area contributed by atoms with E-state index in [1.807, 2.05) is 0 Å². The molecule has 2 radical (unpaired) electrons. The summed E-state index contributed by atoms with van der Waals surface area (Å²) in [6.07, 6.45) is 5.07. The summed E-state index contributed by atoms with van der Waals surface area (Å²) in [5, 5.41) is 5.85. The number of hydrogen-bond acceptors (Lipinski definition) is 1. The van der Waals surface area contributed by atoms with Crippen LogP contribution in [0.4, 0.5) is 0 Å². The third-order valence-corrected chi connectivity index (χ3v) is 0.322. The van der Waals surface area contributed by atoms with Crippen LogP contribution in [0.15, 0.2) is 6.07 Å². The molecule has 0 aliphatic carbocycles. The van der Waals surface area contributed by atoms with Gasteiger partial charge in [0.05, 0.1) is 6.20 Å². The van der Waals surface area contributed by atoms with E-state index in [-0.39, 0.29) is 0 Å². The third kappa shape index (κ3) is 0.265. The summed E-state index contributed by atoms with van der Waals surface area (Å²) in [6.45, 7) is 0. The smallest absolute Gasteiger partial charge is 0.113 e. The zero-order chi connectivity index (χ0) is 3.54. The quantitative estimate of drug-likeness (QED) is 0.454. The number of nitrogens with one attached hydrogen (secondary N) is 1. The molecule has 0 aromatic carbocycles. The fourth-order valence-electron chi connectivity index (χ4n) is 0.161. The van der Waals surface area contributed by atoms with Crippen LogP contribution in [0.1, 0.15) is 0 Å². The number of H-pyrrole nitrogens is 1. The Hall–Kier alpha value is -0.790. The SMILES string of the molecule is [c]1c[c][nH]n1. The summed E-state index contributed by atoms with van der Waals surface area (Å²) < 4.78 is 0. The minimum atomic E-state index is 1.58. The molecule has 1 aromatic rings. The average Bonchev–Trinajstić information content (AvgIpc) is 1.76. The van der Waals surface area contributed by atoms with Crippen LogP contribution in [0, 0.1) is 12.4 Å². The van der Waals surface area contributed by atoms with Crippen molar-refractivity contribution in [3.8, 4) is 0 Å². The molecule has 0 amide bonds. The Morgan fingerprint density at radius 1 is 1.80 bits per heavy atom. The first-order valence-electron chi connectivity index (χ1n) is 1.27. The van der Waals surface area contributed by atoms with Crippen LogP contribution in [0.2, 0.25) is 0 Å². The monoisotopic (exact) mass is 66.0 g/mol. The van der Waals surface area contributed by atoms with Crippen LogP contribution in [0.3, 0.4) is 0 Å². The summed E-state index contributed by atoms with van der Waals surface area (Å²) >= 11 is 0. The lowest BCUT2D eigenvalue weighted by Crippen LogP contribution is -1.55. The molecule has 0 fully saturated rings. The van der Waals surface area contributed by atoms with Gasteiger partial charge in [-0.3, -0.25) is 5.10 Å². The summed E-state index contributed by atoms with van der Waals surface area (Å²) in [5.74, 6) is 0. The molecule has 5 heavy (non-hydrogen) atoms. The van der Waals surface area contributed by atoms with E-state index in [0.717, 1.165) is 0 Å². The zero-order valence-corrected chi connectivity index (χ0v) is 2.52. The normalized spacial score (nSPS) is 8.00. The van der Waals surface area contributed by atoms with Crippen molar-refractivity contribution >= 4 is 0 Å². The highest BCUT2D eigenvalue weighted by Crippen LogP contribution is 1.61. The van der Waals surface area contributed by atoms with Gasteiger partial charge in [-0.1, -0.05) is 0 Å². The van der Waals surface area contributed by atoms with Crippen LogP contribution in [0.5, 0.6) is 0 Å². The van der Waals surface area contributed by atoms with Gasteiger partial charge in [-0.25, -0.2) is 0 Å². The largest absolute Gasteiger partial charge is 0.276 e. The number of aromatic nitrogens is 2. The summed E-state index contributed by atoms with van der Waals surface area (Å²) in [4.78, 5) is 0. The first kappa shape index (κ1) is 2.45. The minimum Gasteiger partial charge on any atom is -0.276 e. The summed E-state index contributed by atoms with van der Waals surface area (Å²) in [7, 11) is 0. The number of hydrogen-bond donors (Lipinski definition) is 1. The second-order valence-electron chi connectivity index (χ2n) is 0.641. The molecule has 0 spiro atoms. The number of rotatable bonds is 0. The second kappa shape index (κ2) is 0.885. The van der Waals surface area contributed by atoms with Crippen molar-refractivity contribution in [2.45, 2.75) is 0 Å². The number of nitrogens with zero attached hydrogens (tertiary/aromatic N) is 1. The van der Waals surface area contributed by atoms with Gasteiger partial charge >= 0.3 is 0 Å². The van der Waals surface area contributed by atoms with Crippen molar-refractivity contribution in [2.24, 2.45) is 0 Å². The van der Waals surface area contributed by atoms with Gasteiger partial charge in [0.25, 0.3) is 0 Å². The van der Waals surface area contributed by atoms with E-state index in [1.165, 1.54) is 0 Å². The molecule has 24 valence electrons. The van der Waals surface area contributed by atoms with E-state index in [1.54, 1.807) is 6.07 Å². The van der Waals surface area contributed by atoms with E-state index < -0.39 is 0 Å². The van der Waals surface area contributed by atoms with Crippen LogP contribution in [0.25, 0.3) is 0 Å². The molecule has 2 nitrogen and oxygen atoms in total. The summed E-state index contributed by atoms with van der Waals surface area (Å²) in [5.41, 5.74) is 0. The van der Waals surface area contributed by atoms with Crippen LogP contribution < -0.4 is 0 Å². The van der Waals surface area contributed by atoms with Gasteiger partial charge in [0.1, 0.15) is 6.20 Å². The molecule has 0 unspecified atom stereocenters. The number of aromatic amines is 1. The Morgan fingerprint density at radius 3 is 3.00 bits per heavy atom. The Balaban J connectivity index is 3.13. The van der Waals surface area contributed by atoms with Crippen LogP contribution in [-0.4, -0.2) is 10.2 Å². The van der Waals surface area contributed by atoms with E-state index >= 15 is 0 Å². The van der Waals surface area contributed by atoms with Crippen molar-refractivity contribution in [3.63, 3.8) is 0 Å².